The molecule has 0 atom stereocenters. The van der Waals surface area contributed by atoms with Crippen molar-refractivity contribution in [1.29, 1.82) is 5.26 Å². The first-order chi connectivity index (χ1) is 7.99. The Kier molecular flexibility index (Phi) is 4.41. The minimum absolute atomic E-state index is 0.0530. The second-order valence-corrected chi connectivity index (χ2v) is 3.36. The number of alkyl halides is 3. The van der Waals surface area contributed by atoms with Crippen molar-refractivity contribution in [3.05, 3.63) is 40.9 Å². The highest BCUT2D eigenvalue weighted by Crippen LogP contribution is 2.31. The van der Waals surface area contributed by atoms with Gasteiger partial charge in [0.1, 0.15) is 6.07 Å². The van der Waals surface area contributed by atoms with E-state index in [-0.39, 0.29) is 5.56 Å². The second-order valence-electron chi connectivity index (χ2n) is 3.11. The summed E-state index contributed by atoms with van der Waals surface area (Å²) in [6.45, 7) is 0.337. The van der Waals surface area contributed by atoms with Crippen LogP contribution in [0.4, 0.5) is 18.9 Å². The van der Waals surface area contributed by atoms with Gasteiger partial charge in [0.15, 0.2) is 0 Å². The van der Waals surface area contributed by atoms with E-state index in [1.807, 2.05) is 0 Å². The van der Waals surface area contributed by atoms with Crippen LogP contribution in [0.15, 0.2) is 29.8 Å². The fourth-order valence-electron chi connectivity index (χ4n) is 1.18. The van der Waals surface area contributed by atoms with E-state index in [0.717, 1.165) is 12.1 Å². The maximum Gasteiger partial charge on any atom is 0.416 e. The Balaban J connectivity index is 2.99. The molecule has 0 saturated heterocycles. The third kappa shape index (κ3) is 3.68. The smallest absolute Gasteiger partial charge is 0.380 e. The van der Waals surface area contributed by atoms with Crippen LogP contribution in [0, 0.1) is 11.3 Å². The molecule has 17 heavy (non-hydrogen) atoms. The Morgan fingerprint density at radius 2 is 2.12 bits per heavy atom. The van der Waals surface area contributed by atoms with E-state index in [1.54, 1.807) is 12.1 Å². The molecule has 0 unspecified atom stereocenters. The van der Waals surface area contributed by atoms with Gasteiger partial charge in [0.05, 0.1) is 16.8 Å². The van der Waals surface area contributed by atoms with E-state index in [2.05, 4.69) is 5.32 Å². The minimum atomic E-state index is -4.44. The largest absolute Gasteiger partial charge is 0.416 e. The van der Waals surface area contributed by atoms with Crippen LogP contribution in [0.3, 0.4) is 0 Å². The lowest BCUT2D eigenvalue weighted by Gasteiger charge is -2.10. The molecule has 2 nitrogen and oxygen atoms in total. The highest BCUT2D eigenvalue weighted by Gasteiger charge is 2.30. The van der Waals surface area contributed by atoms with Gasteiger partial charge in [-0.1, -0.05) is 17.7 Å². The molecule has 0 amide bonds. The molecule has 6 heteroatoms. The van der Waals surface area contributed by atoms with Gasteiger partial charge < -0.3 is 5.32 Å². The van der Waals surface area contributed by atoms with Crippen molar-refractivity contribution in [3.63, 3.8) is 0 Å². The summed E-state index contributed by atoms with van der Waals surface area (Å²) in [4.78, 5) is 0. The predicted octanol–water partition coefficient (Wildman–Crippen LogP) is 3.74. The van der Waals surface area contributed by atoms with E-state index >= 15 is 0 Å². The molecule has 1 rings (SSSR count). The number of rotatable bonds is 3. The zero-order valence-corrected chi connectivity index (χ0v) is 9.31. The maximum atomic E-state index is 12.4. The Labute approximate surface area is 101 Å². The number of nitriles is 1. The highest BCUT2D eigenvalue weighted by molar-refractivity contribution is 6.25. The zero-order valence-electron chi connectivity index (χ0n) is 8.55. The predicted molar refractivity (Wildman–Crippen MR) is 59.6 cm³/mol. The summed E-state index contributed by atoms with van der Waals surface area (Å²) in [7, 11) is 0. The van der Waals surface area contributed by atoms with Gasteiger partial charge in [-0.15, -0.1) is 0 Å². The van der Waals surface area contributed by atoms with E-state index in [4.69, 9.17) is 16.9 Å². The molecule has 0 aliphatic rings. The first-order valence-corrected chi connectivity index (χ1v) is 5.03. The average molecular weight is 261 g/mol. The molecule has 0 fully saturated rings. The minimum Gasteiger partial charge on any atom is -0.380 e. The van der Waals surface area contributed by atoms with Crippen molar-refractivity contribution in [1.82, 2.24) is 0 Å². The third-order valence-corrected chi connectivity index (χ3v) is 2.14. The molecule has 1 aromatic rings. The number of benzene rings is 1. The topological polar surface area (TPSA) is 35.8 Å². The Hall–Kier alpha value is -1.67. The van der Waals surface area contributed by atoms with Crippen LogP contribution >= 0.6 is 11.6 Å². The Morgan fingerprint density at radius 3 is 2.65 bits per heavy atom. The number of hydrogen-bond acceptors (Lipinski definition) is 2. The molecular weight excluding hydrogens is 253 g/mol. The molecule has 0 saturated carbocycles. The fourth-order valence-corrected chi connectivity index (χ4v) is 1.27. The molecule has 0 aliphatic heterocycles. The fraction of sp³-hybridized carbons (Fsp3) is 0.182. The zero-order chi connectivity index (χ0) is 12.9. The van der Waals surface area contributed by atoms with Gasteiger partial charge in [-0.05, 0) is 18.2 Å². The first kappa shape index (κ1) is 13.4. The number of anilines is 1. The van der Waals surface area contributed by atoms with Crippen LogP contribution in [0.5, 0.6) is 0 Å². The van der Waals surface area contributed by atoms with Crippen molar-refractivity contribution in [3.8, 4) is 6.07 Å². The van der Waals surface area contributed by atoms with Gasteiger partial charge in [-0.25, -0.2) is 0 Å². The number of halogens is 4. The van der Waals surface area contributed by atoms with Crippen molar-refractivity contribution in [2.75, 3.05) is 11.9 Å². The van der Waals surface area contributed by atoms with Crippen LogP contribution < -0.4 is 5.32 Å². The molecule has 0 spiro atoms. The third-order valence-electron chi connectivity index (χ3n) is 1.97. The molecule has 90 valence electrons. The van der Waals surface area contributed by atoms with Gasteiger partial charge >= 0.3 is 6.18 Å². The number of nitrogens with one attached hydrogen (secondary N) is 1. The highest BCUT2D eigenvalue weighted by atomic mass is 35.5. The maximum absolute atomic E-state index is 12.4. The van der Waals surface area contributed by atoms with Crippen LogP contribution in [0.25, 0.3) is 0 Å². The van der Waals surface area contributed by atoms with Gasteiger partial charge in [0.2, 0.25) is 0 Å². The lowest BCUT2D eigenvalue weighted by Crippen LogP contribution is -2.07. The molecule has 0 bridgehead atoms. The van der Waals surface area contributed by atoms with Crippen molar-refractivity contribution in [2.24, 2.45) is 0 Å². The summed E-state index contributed by atoms with van der Waals surface area (Å²) in [6, 6.07) is 4.68. The van der Waals surface area contributed by atoms with Gasteiger partial charge in [0, 0.05) is 12.1 Å². The van der Waals surface area contributed by atoms with E-state index in [9.17, 15) is 13.2 Å². The van der Waals surface area contributed by atoms with Crippen LogP contribution in [0.2, 0.25) is 0 Å². The van der Waals surface area contributed by atoms with Gasteiger partial charge in [0.25, 0.3) is 0 Å². The summed E-state index contributed by atoms with van der Waals surface area (Å²) in [5, 5.41) is 11.5. The Bertz CT molecular complexity index is 461. The summed E-state index contributed by atoms with van der Waals surface area (Å²) in [6.07, 6.45) is -2.87. The van der Waals surface area contributed by atoms with E-state index in [0.29, 0.717) is 12.2 Å². The monoisotopic (exact) mass is 260 g/mol. The standard InChI is InChI=1S/C11H8ClF3N2/c12-4-1-5-17-10-3-2-9(11(13,14)15)6-8(10)7-16/h1-4,6,17H,5H2/b4-1+. The summed E-state index contributed by atoms with van der Waals surface area (Å²) >= 11 is 5.29. The van der Waals surface area contributed by atoms with Crippen LogP contribution in [-0.2, 0) is 6.18 Å². The molecule has 0 radical (unpaired) electrons. The van der Waals surface area contributed by atoms with Crippen LogP contribution in [-0.4, -0.2) is 6.54 Å². The summed E-state index contributed by atoms with van der Waals surface area (Å²) < 4.78 is 37.2. The van der Waals surface area contributed by atoms with Crippen molar-refractivity contribution < 1.29 is 13.2 Å². The molecule has 0 aliphatic carbocycles. The molecular formula is C11H8ClF3N2. The average Bonchev–Trinajstić information content (AvgIpc) is 2.28. The normalized spacial score (nSPS) is 11.5. The SMILES string of the molecule is N#Cc1cc(C(F)(F)F)ccc1NC/C=C/Cl. The molecule has 0 heterocycles. The van der Waals surface area contributed by atoms with Gasteiger partial charge in [-0.3, -0.25) is 0 Å². The van der Waals surface area contributed by atoms with E-state index in [1.165, 1.54) is 11.6 Å². The molecule has 0 aromatic heterocycles. The quantitative estimate of drug-likeness (QED) is 0.899. The summed E-state index contributed by atoms with van der Waals surface area (Å²) in [5.74, 6) is 0. The van der Waals surface area contributed by atoms with Crippen molar-refractivity contribution >= 4 is 17.3 Å². The molecule has 1 N–H and O–H groups in total. The van der Waals surface area contributed by atoms with Crippen LogP contribution in [0.1, 0.15) is 11.1 Å². The van der Waals surface area contributed by atoms with E-state index < -0.39 is 11.7 Å². The number of nitrogens with zero attached hydrogens (tertiary/aromatic N) is 1. The summed E-state index contributed by atoms with van der Waals surface area (Å²) in [5.41, 5.74) is 0.730. The number of hydrogen-bond donors (Lipinski definition) is 1. The first-order valence-electron chi connectivity index (χ1n) is 4.59. The lowest BCUT2D eigenvalue weighted by molar-refractivity contribution is -0.137. The van der Waals surface area contributed by atoms with Crippen molar-refractivity contribution in [2.45, 2.75) is 6.18 Å². The second kappa shape index (κ2) is 5.60. The Morgan fingerprint density at radius 1 is 1.41 bits per heavy atom. The van der Waals surface area contributed by atoms with Gasteiger partial charge in [-0.2, -0.15) is 18.4 Å². The lowest BCUT2D eigenvalue weighted by atomic mass is 10.1. The molecule has 1 aromatic carbocycles.